The Morgan fingerprint density at radius 1 is 1.33 bits per heavy atom. The third kappa shape index (κ3) is 4.78. The monoisotopic (exact) mass is 257 g/mol. The van der Waals surface area contributed by atoms with Crippen molar-refractivity contribution in [2.24, 2.45) is 0 Å². The summed E-state index contributed by atoms with van der Waals surface area (Å²) in [4.78, 5) is 11.5. The lowest BCUT2D eigenvalue weighted by Gasteiger charge is -2.09. The Morgan fingerprint density at radius 3 is 2.44 bits per heavy atom. The smallest absolute Gasteiger partial charge is 0.406 e. The van der Waals surface area contributed by atoms with Crippen molar-refractivity contribution < 1.29 is 22.7 Å². The van der Waals surface area contributed by atoms with Gasteiger partial charge in [-0.3, -0.25) is 4.79 Å². The van der Waals surface area contributed by atoms with Crippen molar-refractivity contribution in [3.8, 4) is 18.1 Å². The zero-order valence-corrected chi connectivity index (χ0v) is 9.25. The van der Waals surface area contributed by atoms with Gasteiger partial charge in [-0.05, 0) is 24.3 Å². The van der Waals surface area contributed by atoms with Gasteiger partial charge in [0.25, 0.3) is 5.91 Å². The van der Waals surface area contributed by atoms with Gasteiger partial charge in [0.1, 0.15) is 5.75 Å². The molecular formula is C12H10F3NO2. The highest BCUT2D eigenvalue weighted by Crippen LogP contribution is 2.22. The van der Waals surface area contributed by atoms with Crippen molar-refractivity contribution in [3.63, 3.8) is 0 Å². The number of nitrogens with one attached hydrogen (secondary N) is 1. The van der Waals surface area contributed by atoms with Crippen molar-refractivity contribution in [1.82, 2.24) is 5.32 Å². The Balaban J connectivity index is 2.60. The quantitative estimate of drug-likeness (QED) is 0.664. The molecule has 3 nitrogen and oxygen atoms in total. The first-order valence-electron chi connectivity index (χ1n) is 5.00. The molecular weight excluding hydrogens is 247 g/mol. The van der Waals surface area contributed by atoms with Gasteiger partial charge in [0.05, 0.1) is 0 Å². The van der Waals surface area contributed by atoms with Gasteiger partial charge < -0.3 is 10.1 Å². The van der Waals surface area contributed by atoms with Crippen molar-refractivity contribution in [2.75, 3.05) is 6.54 Å². The molecule has 1 amide bonds. The lowest BCUT2D eigenvalue weighted by atomic mass is 10.2. The number of rotatable bonds is 4. The Hall–Kier alpha value is -2.16. The van der Waals surface area contributed by atoms with Gasteiger partial charge in [-0.25, -0.2) is 0 Å². The zero-order chi connectivity index (χ0) is 13.6. The molecule has 0 aliphatic heterocycles. The summed E-state index contributed by atoms with van der Waals surface area (Å²) in [6.45, 7) is 0.316. The van der Waals surface area contributed by atoms with Gasteiger partial charge in [-0.1, -0.05) is 0 Å². The minimum absolute atomic E-state index is 0.238. The van der Waals surface area contributed by atoms with Crippen LogP contribution < -0.4 is 10.1 Å². The molecule has 1 N–H and O–H groups in total. The third-order valence-corrected chi connectivity index (χ3v) is 1.90. The van der Waals surface area contributed by atoms with Crippen LogP contribution in [-0.4, -0.2) is 18.8 Å². The molecule has 0 heterocycles. The van der Waals surface area contributed by atoms with Gasteiger partial charge >= 0.3 is 6.36 Å². The van der Waals surface area contributed by atoms with E-state index in [2.05, 4.69) is 16.0 Å². The second-order valence-electron chi connectivity index (χ2n) is 3.28. The first-order chi connectivity index (χ1) is 8.42. The summed E-state index contributed by atoms with van der Waals surface area (Å²) in [6.07, 6.45) is 0.658. The van der Waals surface area contributed by atoms with Crippen molar-refractivity contribution in [3.05, 3.63) is 29.8 Å². The number of amides is 1. The minimum atomic E-state index is -4.74. The van der Waals surface area contributed by atoms with Gasteiger partial charge in [0.2, 0.25) is 0 Å². The predicted molar refractivity (Wildman–Crippen MR) is 58.9 cm³/mol. The van der Waals surface area contributed by atoms with E-state index in [1.54, 1.807) is 0 Å². The van der Waals surface area contributed by atoms with Crippen LogP contribution in [0.25, 0.3) is 0 Å². The summed E-state index contributed by atoms with van der Waals surface area (Å²) in [7, 11) is 0. The molecule has 0 saturated heterocycles. The van der Waals surface area contributed by atoms with E-state index >= 15 is 0 Å². The van der Waals surface area contributed by atoms with E-state index in [-0.39, 0.29) is 11.3 Å². The third-order valence-electron chi connectivity index (χ3n) is 1.90. The first-order valence-corrected chi connectivity index (χ1v) is 5.00. The largest absolute Gasteiger partial charge is 0.573 e. The van der Waals surface area contributed by atoms with Crippen molar-refractivity contribution in [2.45, 2.75) is 12.8 Å². The number of halogens is 3. The molecule has 0 saturated carbocycles. The molecule has 1 aromatic rings. The summed E-state index contributed by atoms with van der Waals surface area (Å²) < 4.78 is 39.3. The molecule has 0 aliphatic rings. The molecule has 0 bridgehead atoms. The molecule has 1 rings (SSSR count). The summed E-state index contributed by atoms with van der Waals surface area (Å²) in [6, 6.07) is 4.63. The van der Waals surface area contributed by atoms with Crippen LogP contribution in [0.2, 0.25) is 0 Å². The Morgan fingerprint density at radius 2 is 1.94 bits per heavy atom. The maximum absolute atomic E-state index is 11.9. The number of hydrogen-bond donors (Lipinski definition) is 1. The highest BCUT2D eigenvalue weighted by Gasteiger charge is 2.30. The second-order valence-corrected chi connectivity index (χ2v) is 3.28. The molecule has 6 heteroatoms. The molecule has 0 radical (unpaired) electrons. The normalized spacial score (nSPS) is 10.6. The van der Waals surface area contributed by atoms with E-state index < -0.39 is 12.3 Å². The highest BCUT2D eigenvalue weighted by molar-refractivity contribution is 5.94. The van der Waals surface area contributed by atoms with Crippen LogP contribution in [0.15, 0.2) is 24.3 Å². The molecule has 96 valence electrons. The van der Waals surface area contributed by atoms with E-state index in [9.17, 15) is 18.0 Å². The van der Waals surface area contributed by atoms with Gasteiger partial charge in [0, 0.05) is 18.5 Å². The van der Waals surface area contributed by atoms with E-state index in [0.29, 0.717) is 13.0 Å². The molecule has 0 unspecified atom stereocenters. The number of alkyl halides is 3. The Bertz CT molecular complexity index is 446. The molecule has 0 fully saturated rings. The number of carbonyl (C=O) groups excluding carboxylic acids is 1. The molecule has 1 aromatic carbocycles. The molecule has 0 atom stereocenters. The van der Waals surface area contributed by atoms with Crippen LogP contribution in [0.5, 0.6) is 5.75 Å². The van der Waals surface area contributed by atoms with Crippen LogP contribution in [0.3, 0.4) is 0 Å². The van der Waals surface area contributed by atoms with E-state index in [0.717, 1.165) is 12.1 Å². The fraction of sp³-hybridized carbons (Fsp3) is 0.250. The van der Waals surface area contributed by atoms with Gasteiger partial charge in [0.15, 0.2) is 0 Å². The summed E-state index contributed by atoms with van der Waals surface area (Å²) in [5.41, 5.74) is 0.238. The van der Waals surface area contributed by atoms with Crippen LogP contribution in [0, 0.1) is 12.3 Å². The number of terminal acetylenes is 1. The number of benzene rings is 1. The fourth-order valence-electron chi connectivity index (χ4n) is 1.16. The maximum Gasteiger partial charge on any atom is 0.573 e. The lowest BCUT2D eigenvalue weighted by Crippen LogP contribution is -2.24. The van der Waals surface area contributed by atoms with Crippen molar-refractivity contribution >= 4 is 5.91 Å². The molecule has 0 aliphatic carbocycles. The molecule has 0 aromatic heterocycles. The van der Waals surface area contributed by atoms with E-state index in [1.807, 2.05) is 0 Å². The molecule has 0 spiro atoms. The van der Waals surface area contributed by atoms with Crippen LogP contribution in [0.4, 0.5) is 13.2 Å². The summed E-state index contributed by atoms with van der Waals surface area (Å²) in [5, 5.41) is 2.52. The predicted octanol–water partition coefficient (Wildman–Crippen LogP) is 2.34. The van der Waals surface area contributed by atoms with E-state index in [1.165, 1.54) is 12.1 Å². The topological polar surface area (TPSA) is 38.3 Å². The van der Waals surface area contributed by atoms with E-state index in [4.69, 9.17) is 6.42 Å². The van der Waals surface area contributed by atoms with Crippen LogP contribution in [-0.2, 0) is 0 Å². The maximum atomic E-state index is 11.9. The zero-order valence-electron chi connectivity index (χ0n) is 9.25. The number of carbonyl (C=O) groups is 1. The van der Waals surface area contributed by atoms with Crippen LogP contribution in [0.1, 0.15) is 16.8 Å². The summed E-state index contributed by atoms with van der Waals surface area (Å²) >= 11 is 0. The lowest BCUT2D eigenvalue weighted by molar-refractivity contribution is -0.274. The SMILES string of the molecule is C#CCCNC(=O)c1ccc(OC(F)(F)F)cc1. The summed E-state index contributed by atoms with van der Waals surface area (Å²) in [5.74, 6) is 1.58. The number of ether oxygens (including phenoxy) is 1. The Kier molecular flexibility index (Phi) is 4.60. The first kappa shape index (κ1) is 13.9. The standard InChI is InChI=1S/C12H10F3NO2/c1-2-3-8-16-11(17)9-4-6-10(7-5-9)18-12(13,14)15/h1,4-7H,3,8H2,(H,16,17). The van der Waals surface area contributed by atoms with Crippen LogP contribution >= 0.6 is 0 Å². The average Bonchev–Trinajstić information content (AvgIpc) is 2.28. The van der Waals surface area contributed by atoms with Gasteiger partial charge in [-0.15, -0.1) is 25.5 Å². The van der Waals surface area contributed by atoms with Crippen molar-refractivity contribution in [1.29, 1.82) is 0 Å². The minimum Gasteiger partial charge on any atom is -0.406 e. The highest BCUT2D eigenvalue weighted by atomic mass is 19.4. The fourth-order valence-corrected chi connectivity index (χ4v) is 1.16. The van der Waals surface area contributed by atoms with Gasteiger partial charge in [-0.2, -0.15) is 0 Å². The Labute approximate surface area is 102 Å². The molecule has 18 heavy (non-hydrogen) atoms. The second kappa shape index (κ2) is 5.96. The number of hydrogen-bond acceptors (Lipinski definition) is 2. The average molecular weight is 257 g/mol.